The van der Waals surface area contributed by atoms with Crippen LogP contribution in [0.3, 0.4) is 0 Å². The zero-order valence-electron chi connectivity index (χ0n) is 13.8. The molecule has 0 unspecified atom stereocenters. The first kappa shape index (κ1) is 15.5. The van der Waals surface area contributed by atoms with E-state index in [0.717, 1.165) is 31.9 Å². The van der Waals surface area contributed by atoms with Gasteiger partial charge in [-0.25, -0.2) is 0 Å². The molecule has 0 amide bonds. The molecule has 3 aromatic rings. The molecule has 128 valence electrons. The number of anilines is 3. The van der Waals surface area contributed by atoms with Crippen molar-refractivity contribution in [3.63, 3.8) is 0 Å². The number of rotatable bonds is 5. The summed E-state index contributed by atoms with van der Waals surface area (Å²) in [5, 5.41) is 3.05. The Morgan fingerprint density at radius 1 is 0.880 bits per heavy atom. The molecule has 1 aromatic heterocycles. The lowest BCUT2D eigenvalue weighted by molar-refractivity contribution is 0.518. The first-order valence-electron chi connectivity index (χ1n) is 8.38. The molecule has 0 atom stereocenters. The van der Waals surface area contributed by atoms with E-state index in [4.69, 9.17) is 4.42 Å². The van der Waals surface area contributed by atoms with Gasteiger partial charge in [0.25, 0.3) is 10.9 Å². The summed E-state index contributed by atoms with van der Waals surface area (Å²) in [5.74, 6) is 0.730. The van der Waals surface area contributed by atoms with Crippen molar-refractivity contribution in [2.45, 2.75) is 6.54 Å². The number of nitrogens with one attached hydrogen (secondary N) is 1. The lowest BCUT2D eigenvalue weighted by atomic mass is 10.1. The van der Waals surface area contributed by atoms with Crippen LogP contribution >= 0.6 is 0 Å². The summed E-state index contributed by atoms with van der Waals surface area (Å²) in [6.45, 7) is 3.47. The molecule has 0 aliphatic carbocycles. The SMILES string of the molecule is O=c1c(NCc2ccco2)c(N2CCN(c3ccccc3)CC2)c1=O. The van der Waals surface area contributed by atoms with Crippen LogP contribution in [-0.4, -0.2) is 26.2 Å². The van der Waals surface area contributed by atoms with Crippen molar-refractivity contribution >= 4 is 17.1 Å². The molecule has 2 aromatic carbocycles. The molecule has 0 spiro atoms. The van der Waals surface area contributed by atoms with Gasteiger partial charge in [0.05, 0.1) is 12.8 Å². The number of piperazine rings is 1. The minimum absolute atomic E-state index is 0.393. The van der Waals surface area contributed by atoms with Gasteiger partial charge in [0.15, 0.2) is 0 Å². The topological polar surface area (TPSA) is 65.8 Å². The van der Waals surface area contributed by atoms with E-state index in [1.807, 2.05) is 29.2 Å². The molecule has 25 heavy (non-hydrogen) atoms. The van der Waals surface area contributed by atoms with Crippen LogP contribution < -0.4 is 26.0 Å². The lowest BCUT2D eigenvalue weighted by Crippen LogP contribution is -2.51. The molecule has 2 heterocycles. The molecule has 1 aliphatic heterocycles. The van der Waals surface area contributed by atoms with Crippen LogP contribution in [0.2, 0.25) is 0 Å². The van der Waals surface area contributed by atoms with Crippen LogP contribution in [0.1, 0.15) is 5.76 Å². The molecule has 0 radical (unpaired) electrons. The Bertz CT molecular complexity index is 903. The fraction of sp³-hybridized carbons (Fsp3) is 0.263. The Morgan fingerprint density at radius 3 is 2.28 bits per heavy atom. The zero-order chi connectivity index (χ0) is 17.2. The maximum absolute atomic E-state index is 12.1. The van der Waals surface area contributed by atoms with Crippen molar-refractivity contribution in [1.82, 2.24) is 0 Å². The predicted octanol–water partition coefficient (Wildman–Crippen LogP) is 1.81. The monoisotopic (exact) mass is 337 g/mol. The van der Waals surface area contributed by atoms with Gasteiger partial charge in [-0.05, 0) is 24.3 Å². The summed E-state index contributed by atoms with van der Waals surface area (Å²) in [5.41, 5.74) is 1.28. The van der Waals surface area contributed by atoms with Crippen molar-refractivity contribution < 1.29 is 4.42 Å². The van der Waals surface area contributed by atoms with Gasteiger partial charge in [0, 0.05) is 31.9 Å². The van der Waals surface area contributed by atoms with Gasteiger partial charge in [0.1, 0.15) is 17.1 Å². The molecular weight excluding hydrogens is 318 g/mol. The third-order valence-corrected chi connectivity index (χ3v) is 4.62. The number of furan rings is 1. The number of benzene rings is 1. The van der Waals surface area contributed by atoms with E-state index < -0.39 is 10.9 Å². The minimum Gasteiger partial charge on any atom is -0.467 e. The number of nitrogens with zero attached hydrogens (tertiary/aromatic N) is 2. The van der Waals surface area contributed by atoms with Crippen molar-refractivity contribution in [2.75, 3.05) is 41.3 Å². The number of para-hydroxylation sites is 1. The van der Waals surface area contributed by atoms with Gasteiger partial charge in [-0.15, -0.1) is 0 Å². The molecule has 0 saturated carbocycles. The van der Waals surface area contributed by atoms with Crippen LogP contribution in [0, 0.1) is 0 Å². The van der Waals surface area contributed by atoms with Gasteiger partial charge < -0.3 is 19.5 Å². The van der Waals surface area contributed by atoms with E-state index in [9.17, 15) is 9.59 Å². The normalized spacial score (nSPS) is 14.9. The molecule has 6 nitrogen and oxygen atoms in total. The highest BCUT2D eigenvalue weighted by molar-refractivity contribution is 5.75. The fourth-order valence-corrected chi connectivity index (χ4v) is 3.26. The largest absolute Gasteiger partial charge is 0.467 e. The molecular formula is C19H19N3O3. The van der Waals surface area contributed by atoms with E-state index in [-0.39, 0.29) is 0 Å². The van der Waals surface area contributed by atoms with E-state index in [2.05, 4.69) is 22.3 Å². The van der Waals surface area contributed by atoms with Crippen molar-refractivity contribution in [3.05, 3.63) is 74.9 Å². The van der Waals surface area contributed by atoms with Crippen LogP contribution in [0.15, 0.2) is 62.7 Å². The third kappa shape index (κ3) is 2.91. The molecule has 1 N–H and O–H groups in total. The van der Waals surface area contributed by atoms with E-state index in [0.29, 0.717) is 17.9 Å². The Kier molecular flexibility index (Phi) is 4.01. The Hall–Kier alpha value is -3.02. The minimum atomic E-state index is -0.438. The van der Waals surface area contributed by atoms with Gasteiger partial charge in [-0.1, -0.05) is 18.2 Å². The summed E-state index contributed by atoms with van der Waals surface area (Å²) in [7, 11) is 0. The summed E-state index contributed by atoms with van der Waals surface area (Å²) in [6.07, 6.45) is 1.59. The Balaban J connectivity index is 1.44. The predicted molar refractivity (Wildman–Crippen MR) is 98.3 cm³/mol. The highest BCUT2D eigenvalue weighted by Gasteiger charge is 2.28. The summed E-state index contributed by atoms with van der Waals surface area (Å²) >= 11 is 0. The molecule has 0 bridgehead atoms. The second-order valence-electron chi connectivity index (χ2n) is 6.12. The lowest BCUT2D eigenvalue weighted by Gasteiger charge is -2.38. The molecule has 6 heteroatoms. The summed E-state index contributed by atoms with van der Waals surface area (Å²) < 4.78 is 5.26. The average molecular weight is 337 g/mol. The second-order valence-corrected chi connectivity index (χ2v) is 6.12. The number of hydrogen-bond acceptors (Lipinski definition) is 6. The van der Waals surface area contributed by atoms with Crippen LogP contribution in [0.25, 0.3) is 0 Å². The maximum atomic E-state index is 12.1. The zero-order valence-corrected chi connectivity index (χ0v) is 13.8. The van der Waals surface area contributed by atoms with Gasteiger partial charge >= 0.3 is 0 Å². The van der Waals surface area contributed by atoms with Crippen LogP contribution in [0.4, 0.5) is 17.1 Å². The van der Waals surface area contributed by atoms with Crippen molar-refractivity contribution in [1.29, 1.82) is 0 Å². The van der Waals surface area contributed by atoms with Crippen LogP contribution in [-0.2, 0) is 6.54 Å². The molecule has 4 rings (SSSR count). The second kappa shape index (κ2) is 6.47. The van der Waals surface area contributed by atoms with Crippen molar-refractivity contribution in [3.8, 4) is 0 Å². The van der Waals surface area contributed by atoms with Gasteiger partial charge in [-0.2, -0.15) is 0 Å². The highest BCUT2D eigenvalue weighted by atomic mass is 16.3. The quantitative estimate of drug-likeness (QED) is 0.717. The fourth-order valence-electron chi connectivity index (χ4n) is 3.26. The summed E-state index contributed by atoms with van der Waals surface area (Å²) in [6, 6.07) is 13.8. The standard InChI is InChI=1S/C19H19N3O3/c23-18-16(20-13-15-7-4-12-25-15)17(19(18)24)22-10-8-21(9-11-22)14-5-2-1-3-6-14/h1-7,12,20H,8-11,13H2. The van der Waals surface area contributed by atoms with E-state index >= 15 is 0 Å². The smallest absolute Gasteiger partial charge is 0.253 e. The molecule has 1 fully saturated rings. The van der Waals surface area contributed by atoms with Gasteiger partial charge in [0.2, 0.25) is 0 Å². The molecule has 1 saturated heterocycles. The average Bonchev–Trinajstić information content (AvgIpc) is 3.19. The third-order valence-electron chi connectivity index (χ3n) is 4.62. The number of hydrogen-bond donors (Lipinski definition) is 1. The highest BCUT2D eigenvalue weighted by Crippen LogP contribution is 2.24. The maximum Gasteiger partial charge on any atom is 0.253 e. The Labute approximate surface area is 145 Å². The first-order chi connectivity index (χ1) is 12.2. The van der Waals surface area contributed by atoms with E-state index in [1.165, 1.54) is 5.69 Å². The first-order valence-corrected chi connectivity index (χ1v) is 8.38. The van der Waals surface area contributed by atoms with Gasteiger partial charge in [-0.3, -0.25) is 9.59 Å². The van der Waals surface area contributed by atoms with Crippen molar-refractivity contribution in [2.24, 2.45) is 0 Å². The van der Waals surface area contributed by atoms with Crippen LogP contribution in [0.5, 0.6) is 0 Å². The Morgan fingerprint density at radius 2 is 1.60 bits per heavy atom. The van der Waals surface area contributed by atoms with E-state index in [1.54, 1.807) is 12.3 Å². The summed E-state index contributed by atoms with van der Waals surface area (Å²) in [4.78, 5) is 28.3. The molecule has 1 aliphatic rings.